The normalized spacial score (nSPS) is 10.8. The van der Waals surface area contributed by atoms with E-state index in [1.54, 1.807) is 10.9 Å². The second-order valence-electron chi connectivity index (χ2n) is 2.76. The summed E-state index contributed by atoms with van der Waals surface area (Å²) in [6.07, 6.45) is 1.65. The highest BCUT2D eigenvalue weighted by Gasteiger charge is 2.11. The van der Waals surface area contributed by atoms with Crippen molar-refractivity contribution in [3.63, 3.8) is 0 Å². The first-order valence-electron chi connectivity index (χ1n) is 3.65. The molecule has 0 aromatic carbocycles. The summed E-state index contributed by atoms with van der Waals surface area (Å²) < 4.78 is 1.75. The fraction of sp³-hybridized carbons (Fsp3) is 0.286. The van der Waals surface area contributed by atoms with E-state index in [-0.39, 0.29) is 0 Å². The molecule has 0 spiro atoms. The Labute approximate surface area is 69.3 Å². The van der Waals surface area contributed by atoms with E-state index in [1.165, 1.54) is 0 Å². The van der Waals surface area contributed by atoms with Gasteiger partial charge in [0.15, 0.2) is 5.52 Å². The molecular formula is C7H10N5+. The van der Waals surface area contributed by atoms with E-state index in [1.807, 2.05) is 14.0 Å². The first kappa shape index (κ1) is 7.02. The molecule has 0 radical (unpaired) electrons. The number of aromatic amines is 1. The van der Waals surface area contributed by atoms with Gasteiger partial charge in [-0.3, -0.25) is 0 Å². The quantitative estimate of drug-likeness (QED) is 0.524. The highest BCUT2D eigenvalue weighted by atomic mass is 15.1. The predicted octanol–water partition coefficient (Wildman–Crippen LogP) is -0.327. The highest BCUT2D eigenvalue weighted by molar-refractivity contribution is 5.79. The minimum absolute atomic E-state index is 0.653. The largest absolute Gasteiger partial charge is 0.334 e. The molecule has 0 aliphatic carbocycles. The van der Waals surface area contributed by atoms with Crippen molar-refractivity contribution in [2.75, 3.05) is 5.73 Å². The molecule has 2 heterocycles. The van der Waals surface area contributed by atoms with Gasteiger partial charge in [-0.2, -0.15) is 4.98 Å². The van der Waals surface area contributed by atoms with Gasteiger partial charge < -0.3 is 10.7 Å². The lowest BCUT2D eigenvalue weighted by molar-refractivity contribution is -0.658. The molecule has 2 aromatic rings. The summed E-state index contributed by atoms with van der Waals surface area (Å²) in [5.41, 5.74) is 7.26. The average molecular weight is 164 g/mol. The maximum absolute atomic E-state index is 5.78. The Morgan fingerprint density at radius 1 is 1.58 bits per heavy atom. The number of nitrogens with one attached hydrogen (secondary N) is 1. The Bertz CT molecular complexity index is 431. The van der Waals surface area contributed by atoms with Crippen LogP contribution in [0.25, 0.3) is 11.2 Å². The predicted molar refractivity (Wildman–Crippen MR) is 44.2 cm³/mol. The van der Waals surface area contributed by atoms with Crippen molar-refractivity contribution in [1.82, 2.24) is 15.0 Å². The number of aromatic nitrogens is 4. The van der Waals surface area contributed by atoms with Crippen molar-refractivity contribution in [3.8, 4) is 0 Å². The van der Waals surface area contributed by atoms with Crippen molar-refractivity contribution >= 4 is 17.0 Å². The molecule has 2 aromatic heterocycles. The minimum Gasteiger partial charge on any atom is -0.334 e. The van der Waals surface area contributed by atoms with Gasteiger partial charge in [-0.1, -0.05) is 4.98 Å². The SMILES string of the molecule is Cc1nc2nc[n+](C)c(N)c2[nH]1. The Morgan fingerprint density at radius 3 is 3.08 bits per heavy atom. The summed E-state index contributed by atoms with van der Waals surface area (Å²) in [6, 6.07) is 0. The molecule has 2 rings (SSSR count). The number of aryl methyl sites for hydroxylation is 2. The van der Waals surface area contributed by atoms with Crippen molar-refractivity contribution in [2.45, 2.75) is 6.92 Å². The van der Waals surface area contributed by atoms with Crippen LogP contribution in [-0.2, 0) is 7.05 Å². The van der Waals surface area contributed by atoms with E-state index in [2.05, 4.69) is 15.0 Å². The number of anilines is 1. The van der Waals surface area contributed by atoms with Crippen LogP contribution < -0.4 is 10.3 Å². The van der Waals surface area contributed by atoms with Crippen LogP contribution >= 0.6 is 0 Å². The van der Waals surface area contributed by atoms with Crippen LogP contribution in [0.3, 0.4) is 0 Å². The van der Waals surface area contributed by atoms with E-state index in [4.69, 9.17) is 5.73 Å². The lowest BCUT2D eigenvalue weighted by Gasteiger charge is -1.93. The lowest BCUT2D eigenvalue weighted by atomic mass is 10.5. The second kappa shape index (κ2) is 2.17. The molecule has 0 aliphatic rings. The summed E-state index contributed by atoms with van der Waals surface area (Å²) in [4.78, 5) is 11.3. The summed E-state index contributed by atoms with van der Waals surface area (Å²) in [7, 11) is 1.85. The van der Waals surface area contributed by atoms with Crippen LogP contribution in [-0.4, -0.2) is 15.0 Å². The molecule has 0 saturated heterocycles. The van der Waals surface area contributed by atoms with Gasteiger partial charge in [0.2, 0.25) is 12.1 Å². The van der Waals surface area contributed by atoms with Gasteiger partial charge in [0.1, 0.15) is 5.82 Å². The number of hydrogen-bond donors (Lipinski definition) is 2. The van der Waals surface area contributed by atoms with E-state index < -0.39 is 0 Å². The molecule has 12 heavy (non-hydrogen) atoms. The Hall–Kier alpha value is -1.65. The zero-order chi connectivity index (χ0) is 8.72. The average Bonchev–Trinajstić information content (AvgIpc) is 2.39. The summed E-state index contributed by atoms with van der Waals surface area (Å²) in [5, 5.41) is 0. The molecular weight excluding hydrogens is 154 g/mol. The van der Waals surface area contributed by atoms with Crippen LogP contribution in [0.15, 0.2) is 6.33 Å². The molecule has 0 amide bonds. The van der Waals surface area contributed by atoms with E-state index >= 15 is 0 Å². The zero-order valence-corrected chi connectivity index (χ0v) is 7.00. The van der Waals surface area contributed by atoms with Crippen LogP contribution in [0.5, 0.6) is 0 Å². The van der Waals surface area contributed by atoms with Gasteiger partial charge in [0, 0.05) is 0 Å². The number of imidazole rings is 1. The molecule has 62 valence electrons. The number of rotatable bonds is 0. The maximum Gasteiger partial charge on any atom is 0.260 e. The number of nitrogens with zero attached hydrogens (tertiary/aromatic N) is 3. The van der Waals surface area contributed by atoms with Gasteiger partial charge in [0.05, 0.1) is 7.05 Å². The fourth-order valence-electron chi connectivity index (χ4n) is 1.13. The van der Waals surface area contributed by atoms with Crippen molar-refractivity contribution in [2.24, 2.45) is 7.05 Å². The third-order valence-corrected chi connectivity index (χ3v) is 1.79. The molecule has 0 atom stereocenters. The van der Waals surface area contributed by atoms with E-state index in [9.17, 15) is 0 Å². The molecule has 5 nitrogen and oxygen atoms in total. The fourth-order valence-corrected chi connectivity index (χ4v) is 1.13. The maximum atomic E-state index is 5.78. The van der Waals surface area contributed by atoms with Crippen LogP contribution in [0.4, 0.5) is 5.82 Å². The minimum atomic E-state index is 0.653. The van der Waals surface area contributed by atoms with Crippen LogP contribution in [0, 0.1) is 6.92 Å². The molecule has 0 bridgehead atoms. The third kappa shape index (κ3) is 0.827. The first-order valence-corrected chi connectivity index (χ1v) is 3.65. The molecule has 0 aliphatic heterocycles. The first-order chi connectivity index (χ1) is 5.68. The molecule has 5 heteroatoms. The zero-order valence-electron chi connectivity index (χ0n) is 7.00. The van der Waals surface area contributed by atoms with Gasteiger partial charge in [0.25, 0.3) is 5.65 Å². The lowest BCUT2D eigenvalue weighted by Crippen LogP contribution is -2.32. The van der Waals surface area contributed by atoms with Gasteiger partial charge >= 0.3 is 0 Å². The smallest absolute Gasteiger partial charge is 0.260 e. The Balaban J connectivity index is 2.89. The van der Waals surface area contributed by atoms with Crippen LogP contribution in [0.2, 0.25) is 0 Å². The summed E-state index contributed by atoms with van der Waals surface area (Å²) in [5.74, 6) is 1.48. The number of fused-ring (bicyclic) bond motifs is 1. The second-order valence-corrected chi connectivity index (χ2v) is 2.76. The third-order valence-electron chi connectivity index (χ3n) is 1.79. The van der Waals surface area contributed by atoms with Crippen molar-refractivity contribution in [3.05, 3.63) is 12.2 Å². The summed E-state index contributed by atoms with van der Waals surface area (Å²) in [6.45, 7) is 1.88. The number of nitrogen functional groups attached to an aromatic ring is 1. The summed E-state index contributed by atoms with van der Waals surface area (Å²) >= 11 is 0. The number of H-pyrrole nitrogens is 1. The monoisotopic (exact) mass is 164 g/mol. The van der Waals surface area contributed by atoms with E-state index in [0.717, 1.165) is 11.3 Å². The van der Waals surface area contributed by atoms with E-state index in [0.29, 0.717) is 11.5 Å². The molecule has 0 unspecified atom stereocenters. The Morgan fingerprint density at radius 2 is 2.33 bits per heavy atom. The van der Waals surface area contributed by atoms with Gasteiger partial charge in [-0.05, 0) is 6.92 Å². The van der Waals surface area contributed by atoms with Crippen molar-refractivity contribution in [1.29, 1.82) is 0 Å². The van der Waals surface area contributed by atoms with Crippen molar-refractivity contribution < 1.29 is 4.57 Å². The van der Waals surface area contributed by atoms with Crippen LogP contribution in [0.1, 0.15) is 5.82 Å². The number of nitrogens with two attached hydrogens (primary N) is 1. The molecule has 3 N–H and O–H groups in total. The van der Waals surface area contributed by atoms with Gasteiger partial charge in [-0.25, -0.2) is 4.57 Å². The molecule has 0 fully saturated rings. The number of hydrogen-bond acceptors (Lipinski definition) is 3. The molecule has 0 saturated carbocycles. The highest BCUT2D eigenvalue weighted by Crippen LogP contribution is 2.10. The van der Waals surface area contributed by atoms with Gasteiger partial charge in [-0.15, -0.1) is 0 Å². The Kier molecular flexibility index (Phi) is 1.27. The topological polar surface area (TPSA) is 71.5 Å². The standard InChI is InChI=1S/C7H9N5/c1-4-10-5-6(8)12(2)3-9-7(5)11-4/h3H,1-2H3,(H2,8,10,11)/p+1.